The van der Waals surface area contributed by atoms with E-state index in [4.69, 9.17) is 5.84 Å². The number of benzene rings is 1. The summed E-state index contributed by atoms with van der Waals surface area (Å²) < 4.78 is 0. The van der Waals surface area contributed by atoms with Crippen molar-refractivity contribution in [3.63, 3.8) is 0 Å². The molecule has 0 saturated carbocycles. The zero-order valence-electron chi connectivity index (χ0n) is 11.4. The quantitative estimate of drug-likeness (QED) is 0.438. The van der Waals surface area contributed by atoms with Crippen LogP contribution in [0.1, 0.15) is 25.1 Å². The van der Waals surface area contributed by atoms with Gasteiger partial charge in [0, 0.05) is 10.9 Å². The van der Waals surface area contributed by atoms with Crippen molar-refractivity contribution < 1.29 is 9.59 Å². The molecule has 0 radical (unpaired) electrons. The van der Waals surface area contributed by atoms with E-state index < -0.39 is 17.5 Å². The van der Waals surface area contributed by atoms with Crippen LogP contribution in [0.5, 0.6) is 0 Å². The minimum atomic E-state index is -1.14. The summed E-state index contributed by atoms with van der Waals surface area (Å²) in [6, 6.07) is 7.37. The van der Waals surface area contributed by atoms with Crippen molar-refractivity contribution in [3.8, 4) is 0 Å². The van der Waals surface area contributed by atoms with Crippen LogP contribution in [0.4, 0.5) is 4.79 Å². The number of aromatic nitrogens is 1. The summed E-state index contributed by atoms with van der Waals surface area (Å²) in [5, 5.41) is 4.24. The Morgan fingerprint density at radius 3 is 2.65 bits per heavy atom. The standard InChI is InChI=1S/C14H16N4O2/c1-3-8-4-5-10-9(6-8)7-11(16-10)14(2)12(19)18(15)13(20)17-14/h4-7,16H,3,15H2,1-2H3,(H,17,20). The third-order valence-electron chi connectivity index (χ3n) is 3.85. The fourth-order valence-electron chi connectivity index (χ4n) is 2.51. The summed E-state index contributed by atoms with van der Waals surface area (Å²) in [4.78, 5) is 26.9. The average Bonchev–Trinajstić information content (AvgIpc) is 2.95. The van der Waals surface area contributed by atoms with E-state index in [2.05, 4.69) is 23.3 Å². The molecule has 1 aromatic carbocycles. The van der Waals surface area contributed by atoms with Gasteiger partial charge in [-0.3, -0.25) is 4.79 Å². The lowest BCUT2D eigenvalue weighted by atomic mass is 9.98. The van der Waals surface area contributed by atoms with Crippen molar-refractivity contribution in [1.29, 1.82) is 0 Å². The monoisotopic (exact) mass is 272 g/mol. The normalized spacial score (nSPS) is 22.6. The molecule has 4 N–H and O–H groups in total. The van der Waals surface area contributed by atoms with E-state index in [1.54, 1.807) is 6.92 Å². The number of carbonyl (C=O) groups is 2. The first kappa shape index (κ1) is 12.7. The third-order valence-corrected chi connectivity index (χ3v) is 3.85. The number of aryl methyl sites for hydroxylation is 1. The molecule has 1 unspecified atom stereocenters. The largest absolute Gasteiger partial charge is 0.356 e. The molecular formula is C14H16N4O2. The molecule has 0 bridgehead atoms. The summed E-state index contributed by atoms with van der Waals surface area (Å²) in [5.41, 5.74) is 1.63. The van der Waals surface area contributed by atoms with Crippen LogP contribution < -0.4 is 11.2 Å². The molecule has 1 aromatic heterocycles. The lowest BCUT2D eigenvalue weighted by Gasteiger charge is -2.19. The number of fused-ring (bicyclic) bond motifs is 1. The molecular weight excluding hydrogens is 256 g/mol. The van der Waals surface area contributed by atoms with E-state index in [9.17, 15) is 9.59 Å². The highest BCUT2D eigenvalue weighted by Gasteiger charge is 2.49. The van der Waals surface area contributed by atoms with Crippen molar-refractivity contribution in [2.45, 2.75) is 25.8 Å². The van der Waals surface area contributed by atoms with Gasteiger partial charge >= 0.3 is 6.03 Å². The number of amides is 3. The summed E-state index contributed by atoms with van der Waals surface area (Å²) in [6.45, 7) is 3.73. The Hall–Kier alpha value is -2.34. The van der Waals surface area contributed by atoms with Gasteiger partial charge < -0.3 is 10.3 Å². The van der Waals surface area contributed by atoms with E-state index in [0.717, 1.165) is 17.3 Å². The molecule has 6 nitrogen and oxygen atoms in total. The molecule has 1 aliphatic rings. The second-order valence-corrected chi connectivity index (χ2v) is 5.19. The number of nitrogens with one attached hydrogen (secondary N) is 2. The number of H-pyrrole nitrogens is 1. The second kappa shape index (κ2) is 4.08. The topological polar surface area (TPSA) is 91.2 Å². The van der Waals surface area contributed by atoms with Gasteiger partial charge in [-0.05, 0) is 37.1 Å². The molecule has 1 saturated heterocycles. The number of aromatic amines is 1. The Labute approximate surface area is 115 Å². The molecule has 2 heterocycles. The maximum absolute atomic E-state index is 12.1. The Morgan fingerprint density at radius 1 is 1.30 bits per heavy atom. The molecule has 1 atom stereocenters. The zero-order chi connectivity index (χ0) is 14.5. The van der Waals surface area contributed by atoms with Gasteiger partial charge in [0.05, 0.1) is 5.69 Å². The van der Waals surface area contributed by atoms with E-state index in [-0.39, 0.29) is 0 Å². The number of hydrazine groups is 1. The van der Waals surface area contributed by atoms with E-state index in [1.165, 1.54) is 5.56 Å². The van der Waals surface area contributed by atoms with Gasteiger partial charge in [-0.25, -0.2) is 10.6 Å². The first-order valence-electron chi connectivity index (χ1n) is 6.49. The van der Waals surface area contributed by atoms with Crippen molar-refractivity contribution in [2.75, 3.05) is 0 Å². The van der Waals surface area contributed by atoms with Crippen LogP contribution in [0.15, 0.2) is 24.3 Å². The average molecular weight is 272 g/mol. The van der Waals surface area contributed by atoms with Crippen LogP contribution in [0.2, 0.25) is 0 Å². The second-order valence-electron chi connectivity index (χ2n) is 5.19. The van der Waals surface area contributed by atoms with Crippen molar-refractivity contribution in [3.05, 3.63) is 35.5 Å². The lowest BCUT2D eigenvalue weighted by Crippen LogP contribution is -2.42. The van der Waals surface area contributed by atoms with Gasteiger partial charge in [0.25, 0.3) is 5.91 Å². The Morgan fingerprint density at radius 2 is 2.05 bits per heavy atom. The van der Waals surface area contributed by atoms with Crippen molar-refractivity contribution in [1.82, 2.24) is 15.3 Å². The number of hydrogen-bond acceptors (Lipinski definition) is 3. The SMILES string of the molecule is CCc1ccc2[nH]c(C3(C)NC(=O)N(N)C3=O)cc2c1. The molecule has 3 rings (SSSR count). The van der Waals surface area contributed by atoms with Gasteiger partial charge in [0.1, 0.15) is 0 Å². The molecule has 1 fully saturated rings. The molecule has 3 amide bonds. The van der Waals surface area contributed by atoms with E-state index in [0.29, 0.717) is 10.7 Å². The number of carbonyl (C=O) groups excluding carboxylic acids is 2. The van der Waals surface area contributed by atoms with Crippen molar-refractivity contribution in [2.24, 2.45) is 5.84 Å². The van der Waals surface area contributed by atoms with Crippen LogP contribution in [0.3, 0.4) is 0 Å². The Bertz CT molecular complexity index is 721. The highest BCUT2D eigenvalue weighted by Crippen LogP contribution is 2.29. The molecule has 6 heteroatoms. The van der Waals surface area contributed by atoms with Crippen molar-refractivity contribution >= 4 is 22.8 Å². The molecule has 20 heavy (non-hydrogen) atoms. The number of nitrogens with zero attached hydrogens (tertiary/aromatic N) is 1. The maximum Gasteiger partial charge on any atom is 0.339 e. The molecule has 0 aliphatic carbocycles. The fourth-order valence-corrected chi connectivity index (χ4v) is 2.51. The lowest BCUT2D eigenvalue weighted by molar-refractivity contribution is -0.131. The summed E-state index contributed by atoms with van der Waals surface area (Å²) in [7, 11) is 0. The zero-order valence-corrected chi connectivity index (χ0v) is 11.4. The highest BCUT2D eigenvalue weighted by atomic mass is 16.2. The molecule has 1 aliphatic heterocycles. The summed E-state index contributed by atoms with van der Waals surface area (Å²) in [6.07, 6.45) is 0.944. The number of nitrogens with two attached hydrogens (primary N) is 1. The summed E-state index contributed by atoms with van der Waals surface area (Å²) >= 11 is 0. The first-order valence-corrected chi connectivity index (χ1v) is 6.49. The van der Waals surface area contributed by atoms with Gasteiger partial charge in [-0.2, -0.15) is 5.01 Å². The molecule has 2 aromatic rings. The van der Waals surface area contributed by atoms with Crippen LogP contribution in [0, 0.1) is 0 Å². The number of imide groups is 1. The fraction of sp³-hybridized carbons (Fsp3) is 0.286. The first-order chi connectivity index (χ1) is 9.45. The third kappa shape index (κ3) is 1.61. The Balaban J connectivity index is 2.10. The Kier molecular flexibility index (Phi) is 2.58. The number of urea groups is 1. The number of hydrogen-bond donors (Lipinski definition) is 3. The minimum absolute atomic E-state index is 0.468. The van der Waals surface area contributed by atoms with Gasteiger partial charge in [0.15, 0.2) is 5.54 Å². The van der Waals surface area contributed by atoms with Gasteiger partial charge in [-0.1, -0.05) is 13.0 Å². The van der Waals surface area contributed by atoms with Gasteiger partial charge in [0.2, 0.25) is 0 Å². The van der Waals surface area contributed by atoms with E-state index >= 15 is 0 Å². The van der Waals surface area contributed by atoms with Crippen LogP contribution in [-0.2, 0) is 16.8 Å². The van der Waals surface area contributed by atoms with Crippen LogP contribution in [0.25, 0.3) is 10.9 Å². The smallest absolute Gasteiger partial charge is 0.339 e. The van der Waals surface area contributed by atoms with Gasteiger partial charge in [-0.15, -0.1) is 0 Å². The predicted molar refractivity (Wildman–Crippen MR) is 74.6 cm³/mol. The van der Waals surface area contributed by atoms with Crippen LogP contribution >= 0.6 is 0 Å². The molecule has 104 valence electrons. The van der Waals surface area contributed by atoms with Crippen LogP contribution in [-0.4, -0.2) is 21.9 Å². The highest BCUT2D eigenvalue weighted by molar-refractivity contribution is 6.06. The summed E-state index contributed by atoms with van der Waals surface area (Å²) in [5.74, 6) is 4.96. The predicted octanol–water partition coefficient (Wildman–Crippen LogP) is 1.37. The molecule has 0 spiro atoms. The maximum atomic E-state index is 12.1. The minimum Gasteiger partial charge on any atom is -0.356 e. The van der Waals surface area contributed by atoms with E-state index in [1.807, 2.05) is 18.2 Å². The number of rotatable bonds is 2.